The van der Waals surface area contributed by atoms with Gasteiger partial charge in [-0.25, -0.2) is 0 Å². The molecule has 3 aromatic rings. The Bertz CT molecular complexity index is 480. The minimum absolute atomic E-state index is 0.0333. The van der Waals surface area contributed by atoms with Crippen LogP contribution in [0.1, 0.15) is 0 Å². The van der Waals surface area contributed by atoms with E-state index in [1.54, 1.807) is 14.3 Å². The van der Waals surface area contributed by atoms with Crippen LogP contribution in [0.5, 0.6) is 0 Å². The Morgan fingerprint density at radius 2 is 1.13 bits per heavy atom. The Hall–Kier alpha value is 0.809. The first kappa shape index (κ1) is 10.9. The Morgan fingerprint density at radius 1 is 0.600 bits per heavy atom. The van der Waals surface area contributed by atoms with Crippen LogP contribution in [0.15, 0.2) is 44.6 Å². The standard InChI is InChI=1S/C12H8Te3/c1-3-9(13-7-1)11-5-6-12(15-11)10-4-2-8-14-10/h1-8H. The summed E-state index contributed by atoms with van der Waals surface area (Å²) in [4.78, 5) is 0. The third kappa shape index (κ3) is 2.40. The van der Waals surface area contributed by atoms with Crippen LogP contribution in [0.3, 0.4) is 0 Å². The van der Waals surface area contributed by atoms with E-state index >= 15 is 0 Å². The van der Waals surface area contributed by atoms with E-state index in [2.05, 4.69) is 44.6 Å². The maximum atomic E-state index is 2.40. The summed E-state index contributed by atoms with van der Waals surface area (Å²) in [5, 5.41) is 0. The van der Waals surface area contributed by atoms with E-state index in [0.717, 1.165) is 0 Å². The molecule has 0 aliphatic heterocycles. The van der Waals surface area contributed by atoms with Gasteiger partial charge >= 0.3 is 120 Å². The fourth-order valence-electron chi connectivity index (χ4n) is 1.44. The molecule has 0 atom stereocenters. The summed E-state index contributed by atoms with van der Waals surface area (Å²) in [5.74, 6) is 0. The van der Waals surface area contributed by atoms with Gasteiger partial charge in [0.05, 0.1) is 0 Å². The molecule has 74 valence electrons. The molecule has 0 saturated carbocycles. The first-order valence-electron chi connectivity index (χ1n) is 4.61. The van der Waals surface area contributed by atoms with Gasteiger partial charge in [0.2, 0.25) is 0 Å². The summed E-state index contributed by atoms with van der Waals surface area (Å²) in [5.41, 5.74) is 0. The number of rotatable bonds is 2. The van der Waals surface area contributed by atoms with Crippen molar-refractivity contribution in [3.8, 4) is 14.3 Å². The number of hydrogen-bond acceptors (Lipinski definition) is 0. The van der Waals surface area contributed by atoms with Gasteiger partial charge in [-0.05, 0) is 0 Å². The van der Waals surface area contributed by atoms with Gasteiger partial charge in [-0.3, -0.25) is 0 Å². The minimum atomic E-state index is -0.0333. The van der Waals surface area contributed by atoms with Crippen molar-refractivity contribution in [2.45, 2.75) is 0 Å². The Morgan fingerprint density at radius 3 is 1.53 bits per heavy atom. The molecule has 0 N–H and O–H groups in total. The molecule has 3 rings (SSSR count). The van der Waals surface area contributed by atoms with Crippen LogP contribution in [0, 0.1) is 0 Å². The van der Waals surface area contributed by atoms with Gasteiger partial charge in [0.25, 0.3) is 0 Å². The predicted molar refractivity (Wildman–Crippen MR) is 68.1 cm³/mol. The van der Waals surface area contributed by atoms with E-state index in [1.807, 2.05) is 0 Å². The van der Waals surface area contributed by atoms with Crippen molar-refractivity contribution in [2.75, 3.05) is 0 Å². The first-order valence-corrected chi connectivity index (χ1v) is 12.0. The van der Waals surface area contributed by atoms with E-state index in [4.69, 9.17) is 0 Å². The zero-order valence-corrected chi connectivity index (χ0v) is 14.8. The van der Waals surface area contributed by atoms with Crippen molar-refractivity contribution in [3.63, 3.8) is 0 Å². The first-order chi connectivity index (χ1) is 7.43. The molecule has 0 amide bonds. The SMILES string of the molecule is c1c[te]c(-c2ccc(-c3ccc[te]3)[te]2)c1. The molecule has 3 heteroatoms. The zero-order chi connectivity index (χ0) is 10.1. The van der Waals surface area contributed by atoms with Crippen LogP contribution in [-0.2, 0) is 0 Å². The molecular formula is C12H8Te3. The Balaban J connectivity index is 2.02. The van der Waals surface area contributed by atoms with Crippen LogP contribution in [0.2, 0.25) is 0 Å². The van der Waals surface area contributed by atoms with Crippen molar-refractivity contribution in [1.29, 1.82) is 0 Å². The molecule has 0 saturated heterocycles. The van der Waals surface area contributed by atoms with Gasteiger partial charge < -0.3 is 0 Å². The predicted octanol–water partition coefficient (Wildman–Crippen LogP) is 2.19. The van der Waals surface area contributed by atoms with Crippen molar-refractivity contribution in [1.82, 2.24) is 0 Å². The zero-order valence-electron chi connectivity index (χ0n) is 7.84. The molecule has 0 nitrogen and oxygen atoms in total. The summed E-state index contributed by atoms with van der Waals surface area (Å²) in [6.45, 7) is 0. The third-order valence-electron chi connectivity index (χ3n) is 2.13. The summed E-state index contributed by atoms with van der Waals surface area (Å²) >= 11 is 0.0599. The molecule has 0 aliphatic carbocycles. The van der Waals surface area contributed by atoms with Gasteiger partial charge in [-0.1, -0.05) is 0 Å². The Labute approximate surface area is 118 Å². The van der Waals surface area contributed by atoms with Crippen LogP contribution in [0.25, 0.3) is 14.3 Å². The van der Waals surface area contributed by atoms with Crippen LogP contribution in [0.4, 0.5) is 0 Å². The number of hydrogen-bond donors (Lipinski definition) is 0. The molecule has 0 unspecified atom stereocenters. The summed E-state index contributed by atoms with van der Waals surface area (Å²) < 4.78 is 11.6. The second-order valence-electron chi connectivity index (χ2n) is 3.12. The Kier molecular flexibility index (Phi) is 3.63. The molecule has 0 fully saturated rings. The second kappa shape index (κ2) is 4.98. The van der Waals surface area contributed by atoms with E-state index < -0.39 is 0 Å². The molecule has 0 bridgehead atoms. The summed E-state index contributed by atoms with van der Waals surface area (Å²) in [6.07, 6.45) is 0. The molecule has 0 radical (unpaired) electrons. The molecule has 15 heavy (non-hydrogen) atoms. The third-order valence-corrected chi connectivity index (χ3v) is 13.1. The molecular weight excluding hydrogens is 527 g/mol. The molecule has 0 aromatic carbocycles. The monoisotopic (exact) mass is 542 g/mol. The van der Waals surface area contributed by atoms with Gasteiger partial charge in [0.1, 0.15) is 0 Å². The molecule has 0 aliphatic rings. The van der Waals surface area contributed by atoms with Crippen LogP contribution >= 0.6 is 0 Å². The summed E-state index contributed by atoms with van der Waals surface area (Å²) in [6, 6.07) is 14.0. The van der Waals surface area contributed by atoms with E-state index in [-0.39, 0.29) is 61.3 Å². The normalized spacial score (nSPS) is 10.7. The van der Waals surface area contributed by atoms with Crippen molar-refractivity contribution >= 4 is 61.3 Å². The van der Waals surface area contributed by atoms with E-state index in [1.165, 1.54) is 0 Å². The average Bonchev–Trinajstić information content (AvgIpc) is 3.02. The van der Waals surface area contributed by atoms with Gasteiger partial charge in [-0.15, -0.1) is 0 Å². The fraction of sp³-hybridized carbons (Fsp3) is 0. The molecule has 3 aromatic heterocycles. The van der Waals surface area contributed by atoms with Crippen LogP contribution < -0.4 is 0 Å². The van der Waals surface area contributed by atoms with Crippen molar-refractivity contribution in [2.24, 2.45) is 0 Å². The maximum absolute atomic E-state index is 2.40. The van der Waals surface area contributed by atoms with E-state index in [0.29, 0.717) is 0 Å². The molecule has 3 heterocycles. The van der Waals surface area contributed by atoms with E-state index in [9.17, 15) is 0 Å². The average molecular weight is 535 g/mol. The molecule has 0 spiro atoms. The fourth-order valence-corrected chi connectivity index (χ4v) is 11.0. The topological polar surface area (TPSA) is 0 Å². The van der Waals surface area contributed by atoms with Gasteiger partial charge in [0, 0.05) is 0 Å². The quantitative estimate of drug-likeness (QED) is 0.442. The van der Waals surface area contributed by atoms with Gasteiger partial charge in [-0.2, -0.15) is 0 Å². The van der Waals surface area contributed by atoms with Crippen LogP contribution in [-0.4, -0.2) is 61.3 Å². The van der Waals surface area contributed by atoms with Crippen molar-refractivity contribution < 1.29 is 0 Å². The van der Waals surface area contributed by atoms with Gasteiger partial charge in [0.15, 0.2) is 0 Å². The summed E-state index contributed by atoms with van der Waals surface area (Å²) in [7, 11) is 0. The second-order valence-corrected chi connectivity index (χ2v) is 11.6. The van der Waals surface area contributed by atoms with Crippen molar-refractivity contribution in [3.05, 3.63) is 44.6 Å².